The van der Waals surface area contributed by atoms with Gasteiger partial charge in [0.2, 0.25) is 5.88 Å². The van der Waals surface area contributed by atoms with Crippen LogP contribution in [0.25, 0.3) is 0 Å². The minimum atomic E-state index is -2.13. The lowest BCUT2D eigenvalue weighted by Gasteiger charge is -2.38. The summed E-state index contributed by atoms with van der Waals surface area (Å²) in [6, 6.07) is 0. The summed E-state index contributed by atoms with van der Waals surface area (Å²) < 4.78 is 3.52. The van der Waals surface area contributed by atoms with E-state index in [1.165, 1.54) is 0 Å². The summed E-state index contributed by atoms with van der Waals surface area (Å²) in [7, 11) is -4.16. The Morgan fingerprint density at radius 2 is 1.29 bits per heavy atom. The lowest BCUT2D eigenvalue weighted by molar-refractivity contribution is 0.442. The monoisotopic (exact) mass is 328 g/mol. The highest BCUT2D eigenvalue weighted by Gasteiger charge is 2.44. The van der Waals surface area contributed by atoms with E-state index in [0.717, 1.165) is 0 Å². The summed E-state index contributed by atoms with van der Waals surface area (Å²) in [5.74, 6) is 0.122. The number of hydrogen-bond acceptors (Lipinski definition) is 2. The fraction of sp³-hybridized carbons (Fsp3) is 0.800. The lowest BCUT2D eigenvalue weighted by atomic mass is 10.2. The average molecular weight is 329 g/mol. The van der Waals surface area contributed by atoms with Crippen LogP contribution in [0.3, 0.4) is 0 Å². The van der Waals surface area contributed by atoms with Crippen molar-refractivity contribution in [2.45, 2.75) is 77.8 Å². The normalized spacial score (nSPS) is 14.6. The van der Waals surface area contributed by atoms with Crippen molar-refractivity contribution in [3.63, 3.8) is 0 Å². The SMILES string of the molecule is CC(C)(C)[Si](C)(C)n1cc(O)n([Si](C)(C)C(C)(C)C)c1=O. The van der Waals surface area contributed by atoms with Crippen LogP contribution in [-0.2, 0) is 0 Å². The number of aromatic nitrogens is 2. The van der Waals surface area contributed by atoms with Crippen molar-refractivity contribution in [2.75, 3.05) is 0 Å². The fourth-order valence-electron chi connectivity index (χ4n) is 2.06. The zero-order valence-corrected chi connectivity index (χ0v) is 17.3. The molecule has 1 N–H and O–H groups in total. The minimum absolute atomic E-state index is 0.00603. The number of imidazole rings is 1. The van der Waals surface area contributed by atoms with Crippen molar-refractivity contribution in [2.24, 2.45) is 0 Å². The Bertz CT molecular complexity index is 584. The molecule has 1 aromatic heterocycles. The molecule has 6 heteroatoms. The first-order valence-electron chi connectivity index (χ1n) is 7.59. The van der Waals surface area contributed by atoms with E-state index in [0.29, 0.717) is 0 Å². The molecule has 0 aromatic carbocycles. The number of hydrogen-bond donors (Lipinski definition) is 1. The second-order valence-corrected chi connectivity index (χ2v) is 19.3. The van der Waals surface area contributed by atoms with Crippen LogP contribution in [0.1, 0.15) is 41.5 Å². The molecular weight excluding hydrogens is 296 g/mol. The third kappa shape index (κ3) is 2.80. The summed E-state index contributed by atoms with van der Waals surface area (Å²) in [5, 5.41) is 10.5. The first-order chi connectivity index (χ1) is 9.05. The Kier molecular flexibility index (Phi) is 4.25. The zero-order chi connectivity index (χ0) is 17.0. The summed E-state index contributed by atoms with van der Waals surface area (Å²) in [5.41, 5.74) is -0.0364. The van der Waals surface area contributed by atoms with E-state index in [1.54, 1.807) is 10.4 Å². The molecule has 0 aliphatic carbocycles. The molecule has 1 heterocycles. The molecule has 0 aliphatic heterocycles. The largest absolute Gasteiger partial charge is 0.494 e. The molecule has 21 heavy (non-hydrogen) atoms. The number of aromatic hydroxyl groups is 1. The highest BCUT2D eigenvalue weighted by Crippen LogP contribution is 2.40. The topological polar surface area (TPSA) is 47.2 Å². The molecule has 0 spiro atoms. The Balaban J connectivity index is 3.63. The molecule has 0 radical (unpaired) electrons. The lowest BCUT2D eigenvalue weighted by Crippen LogP contribution is -2.55. The molecule has 1 rings (SSSR count). The van der Waals surface area contributed by atoms with Crippen molar-refractivity contribution < 1.29 is 5.11 Å². The van der Waals surface area contributed by atoms with Crippen LogP contribution < -0.4 is 5.69 Å². The molecule has 0 bridgehead atoms. The first-order valence-corrected chi connectivity index (χ1v) is 13.5. The van der Waals surface area contributed by atoms with Crippen molar-refractivity contribution in [1.82, 2.24) is 8.47 Å². The van der Waals surface area contributed by atoms with Crippen molar-refractivity contribution in [3.8, 4) is 5.88 Å². The average Bonchev–Trinajstić information content (AvgIpc) is 2.51. The number of nitrogens with zero attached hydrogens (tertiary/aromatic N) is 2. The van der Waals surface area contributed by atoms with Crippen LogP contribution in [0.5, 0.6) is 5.88 Å². The molecule has 0 saturated carbocycles. The van der Waals surface area contributed by atoms with Crippen LogP contribution in [0, 0.1) is 0 Å². The van der Waals surface area contributed by atoms with Gasteiger partial charge in [0.05, 0.1) is 6.20 Å². The van der Waals surface area contributed by atoms with Crippen LogP contribution in [0.2, 0.25) is 36.3 Å². The van der Waals surface area contributed by atoms with Crippen LogP contribution in [0.4, 0.5) is 0 Å². The zero-order valence-electron chi connectivity index (χ0n) is 15.3. The second-order valence-electron chi connectivity index (χ2n) is 9.09. The van der Waals surface area contributed by atoms with E-state index in [1.807, 2.05) is 4.23 Å². The Hall–Kier alpha value is -0.756. The maximum atomic E-state index is 13.0. The summed E-state index contributed by atoms with van der Waals surface area (Å²) in [6.45, 7) is 21.6. The minimum Gasteiger partial charge on any atom is -0.494 e. The Morgan fingerprint density at radius 3 is 1.62 bits per heavy atom. The predicted molar refractivity (Wildman–Crippen MR) is 95.5 cm³/mol. The Morgan fingerprint density at radius 1 is 0.905 bits per heavy atom. The summed E-state index contributed by atoms with van der Waals surface area (Å²) in [4.78, 5) is 13.0. The van der Waals surface area contributed by atoms with Gasteiger partial charge in [0.15, 0.2) is 16.5 Å². The van der Waals surface area contributed by atoms with Crippen LogP contribution in [0.15, 0.2) is 11.0 Å². The van der Waals surface area contributed by atoms with E-state index < -0.39 is 16.5 Å². The van der Waals surface area contributed by atoms with E-state index in [4.69, 9.17) is 0 Å². The molecule has 0 aliphatic rings. The molecule has 0 fully saturated rings. The third-order valence-electron chi connectivity index (χ3n) is 5.70. The molecule has 122 valence electrons. The number of rotatable bonds is 2. The van der Waals surface area contributed by atoms with Crippen LogP contribution >= 0.6 is 0 Å². The van der Waals surface area contributed by atoms with Gasteiger partial charge < -0.3 is 9.34 Å². The molecule has 4 nitrogen and oxygen atoms in total. The third-order valence-corrected chi connectivity index (χ3v) is 16.1. The first kappa shape index (κ1) is 18.3. The molecular formula is C15H32N2O2Si2. The summed E-state index contributed by atoms with van der Waals surface area (Å²) >= 11 is 0. The van der Waals surface area contributed by atoms with Gasteiger partial charge >= 0.3 is 5.69 Å². The van der Waals surface area contributed by atoms with Gasteiger partial charge in [0.25, 0.3) is 0 Å². The van der Waals surface area contributed by atoms with Gasteiger partial charge in [0, 0.05) is 0 Å². The molecule has 0 saturated heterocycles. The Labute approximate surface area is 131 Å². The van der Waals surface area contributed by atoms with Crippen molar-refractivity contribution in [1.29, 1.82) is 0 Å². The van der Waals surface area contributed by atoms with Crippen molar-refractivity contribution in [3.05, 3.63) is 16.7 Å². The van der Waals surface area contributed by atoms with Gasteiger partial charge in [0.1, 0.15) is 0 Å². The van der Waals surface area contributed by atoms with E-state index >= 15 is 0 Å². The van der Waals surface area contributed by atoms with Gasteiger partial charge in [-0.2, -0.15) is 0 Å². The van der Waals surface area contributed by atoms with Gasteiger partial charge in [-0.3, -0.25) is 4.23 Å². The molecule has 1 aromatic rings. The van der Waals surface area contributed by atoms with E-state index in [9.17, 15) is 9.90 Å². The highest BCUT2D eigenvalue weighted by atomic mass is 28.3. The smallest absolute Gasteiger partial charge is 0.314 e. The van der Waals surface area contributed by atoms with E-state index in [-0.39, 0.29) is 21.6 Å². The van der Waals surface area contributed by atoms with Gasteiger partial charge in [-0.1, -0.05) is 67.7 Å². The summed E-state index contributed by atoms with van der Waals surface area (Å²) in [6.07, 6.45) is 1.67. The van der Waals surface area contributed by atoms with Crippen LogP contribution in [-0.4, -0.2) is 30.0 Å². The van der Waals surface area contributed by atoms with Crippen molar-refractivity contribution >= 4 is 16.5 Å². The van der Waals surface area contributed by atoms with Gasteiger partial charge in [-0.25, -0.2) is 4.79 Å². The van der Waals surface area contributed by atoms with Gasteiger partial charge in [-0.15, -0.1) is 0 Å². The van der Waals surface area contributed by atoms with E-state index in [2.05, 4.69) is 67.7 Å². The standard InChI is InChI=1S/C15H32N2O2Si2/c1-14(2,3)20(7,8)16-11-12(18)17(13(16)19)21(9,10)15(4,5)6/h11,18H,1-10H3. The fourth-order valence-corrected chi connectivity index (χ4v) is 5.78. The maximum Gasteiger partial charge on any atom is 0.314 e. The predicted octanol–water partition coefficient (Wildman–Crippen LogP) is 4.06. The van der Waals surface area contributed by atoms with Gasteiger partial charge in [-0.05, 0) is 10.1 Å². The highest BCUT2D eigenvalue weighted by molar-refractivity contribution is 6.80. The maximum absolute atomic E-state index is 13.0. The molecule has 0 unspecified atom stereocenters. The quantitative estimate of drug-likeness (QED) is 0.832. The molecule has 0 atom stereocenters. The second kappa shape index (κ2) is 4.88. The molecule has 0 amide bonds.